The van der Waals surface area contributed by atoms with Crippen molar-refractivity contribution in [2.24, 2.45) is 24.6 Å². The van der Waals surface area contributed by atoms with E-state index in [9.17, 15) is 22.8 Å². The number of rotatable bonds is 7. The van der Waals surface area contributed by atoms with Crippen LogP contribution in [0, 0.1) is 11.8 Å². The second-order valence-corrected chi connectivity index (χ2v) is 11.3. The minimum Gasteiger partial charge on any atom is -0.364 e. The molecule has 1 aromatic rings. The summed E-state index contributed by atoms with van der Waals surface area (Å²) in [6.45, 7) is 4.53. The molecule has 10 nitrogen and oxygen atoms in total. The van der Waals surface area contributed by atoms with Gasteiger partial charge in [-0.05, 0) is 24.8 Å². The number of aromatic nitrogens is 1. The Hall–Kier alpha value is -2.40. The summed E-state index contributed by atoms with van der Waals surface area (Å²) < 4.78 is 28.7. The lowest BCUT2D eigenvalue weighted by Crippen LogP contribution is -2.57. The van der Waals surface area contributed by atoms with Gasteiger partial charge in [-0.2, -0.15) is 4.31 Å². The maximum Gasteiger partial charge on any atom is 0.265 e. The van der Waals surface area contributed by atoms with Crippen molar-refractivity contribution in [3.05, 3.63) is 18.0 Å². The third-order valence-corrected chi connectivity index (χ3v) is 8.49. The van der Waals surface area contributed by atoms with Crippen molar-refractivity contribution in [1.29, 1.82) is 0 Å². The highest BCUT2D eigenvalue weighted by Crippen LogP contribution is 2.25. The number of hydrogen-bond acceptors (Lipinski definition) is 5. The number of hydrogen-bond donors (Lipinski definition) is 2. The number of nitrogens with two attached hydrogens (primary N) is 1. The molecule has 0 spiro atoms. The van der Waals surface area contributed by atoms with Gasteiger partial charge in [0.05, 0.1) is 0 Å². The molecule has 0 radical (unpaired) electrons. The fraction of sp³-hybridized carbons (Fsp3) is 0.682. The van der Waals surface area contributed by atoms with Crippen molar-refractivity contribution in [3.8, 4) is 0 Å². The zero-order chi connectivity index (χ0) is 24.3. The van der Waals surface area contributed by atoms with Gasteiger partial charge in [0.1, 0.15) is 16.6 Å². The molecule has 2 aliphatic rings. The zero-order valence-electron chi connectivity index (χ0n) is 19.6. The van der Waals surface area contributed by atoms with Crippen LogP contribution in [-0.2, 0) is 26.7 Å². The SMILES string of the molecule is CC(C)C(NC(=O)C1CCCCC1)C(=O)N1CCN(S(=O)(=O)c2cc(C(N)=O)n(C)c2)CC1. The molecular formula is C22H35N5O5S. The van der Waals surface area contributed by atoms with Crippen molar-refractivity contribution in [2.75, 3.05) is 26.2 Å². The van der Waals surface area contributed by atoms with Gasteiger partial charge in [-0.15, -0.1) is 0 Å². The maximum atomic E-state index is 13.2. The third-order valence-electron chi connectivity index (χ3n) is 6.63. The molecule has 1 aliphatic heterocycles. The first kappa shape index (κ1) is 25.2. The summed E-state index contributed by atoms with van der Waals surface area (Å²) in [5.74, 6) is -1.06. The fourth-order valence-electron chi connectivity index (χ4n) is 4.56. The molecule has 1 atom stereocenters. The van der Waals surface area contributed by atoms with Crippen LogP contribution in [0.15, 0.2) is 17.2 Å². The molecule has 0 bridgehead atoms. The maximum absolute atomic E-state index is 13.2. The van der Waals surface area contributed by atoms with Gasteiger partial charge in [0.25, 0.3) is 5.91 Å². The molecule has 11 heteroatoms. The number of nitrogens with zero attached hydrogens (tertiary/aromatic N) is 3. The lowest BCUT2D eigenvalue weighted by molar-refractivity contribution is -0.139. The first-order chi connectivity index (χ1) is 15.5. The molecule has 1 unspecified atom stereocenters. The van der Waals surface area contributed by atoms with Crippen LogP contribution in [0.3, 0.4) is 0 Å². The van der Waals surface area contributed by atoms with Gasteiger partial charge in [-0.1, -0.05) is 33.1 Å². The third kappa shape index (κ3) is 5.57. The summed E-state index contributed by atoms with van der Waals surface area (Å²) in [6.07, 6.45) is 6.31. The fourth-order valence-corrected chi connectivity index (χ4v) is 6.06. The summed E-state index contributed by atoms with van der Waals surface area (Å²) >= 11 is 0. The Morgan fingerprint density at radius 1 is 1.06 bits per heavy atom. The molecule has 1 aromatic heterocycles. The summed E-state index contributed by atoms with van der Waals surface area (Å²) in [5, 5.41) is 2.96. The molecule has 1 aliphatic carbocycles. The van der Waals surface area contributed by atoms with Gasteiger partial charge >= 0.3 is 0 Å². The molecule has 2 heterocycles. The summed E-state index contributed by atoms with van der Waals surface area (Å²) in [5.41, 5.74) is 5.40. The van der Waals surface area contributed by atoms with Crippen LogP contribution in [0.2, 0.25) is 0 Å². The van der Waals surface area contributed by atoms with Crippen molar-refractivity contribution in [2.45, 2.75) is 56.9 Å². The largest absolute Gasteiger partial charge is 0.364 e. The van der Waals surface area contributed by atoms with E-state index in [4.69, 9.17) is 5.73 Å². The zero-order valence-corrected chi connectivity index (χ0v) is 20.4. The Morgan fingerprint density at radius 3 is 2.18 bits per heavy atom. The van der Waals surface area contributed by atoms with Crippen molar-refractivity contribution in [3.63, 3.8) is 0 Å². The number of nitrogens with one attached hydrogen (secondary N) is 1. The van der Waals surface area contributed by atoms with Crippen molar-refractivity contribution >= 4 is 27.7 Å². The van der Waals surface area contributed by atoms with E-state index in [0.717, 1.165) is 32.1 Å². The predicted molar refractivity (Wildman–Crippen MR) is 123 cm³/mol. The first-order valence-electron chi connectivity index (χ1n) is 11.6. The van der Waals surface area contributed by atoms with E-state index in [1.807, 2.05) is 13.8 Å². The molecule has 184 valence electrons. The van der Waals surface area contributed by atoms with E-state index in [-0.39, 0.29) is 60.4 Å². The number of primary amides is 1. The lowest BCUT2D eigenvalue weighted by atomic mass is 9.88. The number of piperazine rings is 1. The quantitative estimate of drug-likeness (QED) is 0.590. The van der Waals surface area contributed by atoms with E-state index < -0.39 is 22.0 Å². The van der Waals surface area contributed by atoms with Crippen LogP contribution < -0.4 is 11.1 Å². The average molecular weight is 482 g/mol. The van der Waals surface area contributed by atoms with E-state index in [0.29, 0.717) is 0 Å². The molecule has 1 saturated carbocycles. The minimum absolute atomic E-state index is 0.00150. The highest BCUT2D eigenvalue weighted by Gasteiger charge is 2.35. The minimum atomic E-state index is -3.82. The van der Waals surface area contributed by atoms with E-state index in [2.05, 4.69) is 5.32 Å². The molecule has 3 N–H and O–H groups in total. The summed E-state index contributed by atoms with van der Waals surface area (Å²) in [4.78, 5) is 39.0. The number of sulfonamides is 1. The molecule has 2 fully saturated rings. The summed E-state index contributed by atoms with van der Waals surface area (Å²) in [6, 6.07) is 0.639. The Morgan fingerprint density at radius 2 is 1.67 bits per heavy atom. The topological polar surface area (TPSA) is 135 Å². The molecule has 3 amide bonds. The normalized spacial score (nSPS) is 19.5. The van der Waals surface area contributed by atoms with Crippen LogP contribution in [0.5, 0.6) is 0 Å². The molecule has 3 rings (SSSR count). The van der Waals surface area contributed by atoms with Crippen LogP contribution >= 0.6 is 0 Å². The standard InChI is InChI=1S/C22H35N5O5S/c1-15(2)19(24-21(29)16-7-5-4-6-8-16)22(30)26-9-11-27(12-10-26)33(31,32)17-13-18(20(23)28)25(3)14-17/h13-16,19H,4-12H2,1-3H3,(H2,23,28)(H,24,29). The lowest BCUT2D eigenvalue weighted by Gasteiger charge is -2.37. The van der Waals surface area contributed by atoms with Crippen LogP contribution in [0.4, 0.5) is 0 Å². The van der Waals surface area contributed by atoms with Crippen molar-refractivity contribution < 1.29 is 22.8 Å². The van der Waals surface area contributed by atoms with Gasteiger partial charge in [0.2, 0.25) is 21.8 Å². The number of carbonyl (C=O) groups is 3. The van der Waals surface area contributed by atoms with Gasteiger partial charge in [-0.25, -0.2) is 8.42 Å². The smallest absolute Gasteiger partial charge is 0.265 e. The molecule has 1 saturated heterocycles. The van der Waals surface area contributed by atoms with Crippen LogP contribution in [0.1, 0.15) is 56.4 Å². The molecule has 0 aromatic carbocycles. The average Bonchev–Trinajstić information content (AvgIpc) is 3.20. The Balaban J connectivity index is 1.63. The summed E-state index contributed by atoms with van der Waals surface area (Å²) in [7, 11) is -2.26. The highest BCUT2D eigenvalue weighted by molar-refractivity contribution is 7.89. The van der Waals surface area contributed by atoms with Gasteiger partial charge < -0.3 is 20.5 Å². The first-order valence-corrected chi connectivity index (χ1v) is 13.0. The van der Waals surface area contributed by atoms with Gasteiger partial charge in [-0.3, -0.25) is 14.4 Å². The number of carbonyl (C=O) groups excluding carboxylic acids is 3. The molecular weight excluding hydrogens is 446 g/mol. The van der Waals surface area contributed by atoms with Gasteiger partial charge in [0.15, 0.2) is 0 Å². The number of aryl methyl sites for hydroxylation is 1. The number of amides is 3. The van der Waals surface area contributed by atoms with E-state index in [1.165, 1.54) is 21.1 Å². The van der Waals surface area contributed by atoms with Gasteiger partial charge in [0, 0.05) is 45.3 Å². The van der Waals surface area contributed by atoms with E-state index in [1.54, 1.807) is 11.9 Å². The monoisotopic (exact) mass is 481 g/mol. The van der Waals surface area contributed by atoms with Crippen LogP contribution in [0.25, 0.3) is 0 Å². The second-order valence-electron chi connectivity index (χ2n) is 9.33. The van der Waals surface area contributed by atoms with E-state index >= 15 is 0 Å². The predicted octanol–water partition coefficient (Wildman–Crippen LogP) is 0.678. The highest BCUT2D eigenvalue weighted by atomic mass is 32.2. The van der Waals surface area contributed by atoms with Crippen LogP contribution in [-0.4, -0.2) is 72.1 Å². The Labute approximate surface area is 195 Å². The van der Waals surface area contributed by atoms with Crippen molar-refractivity contribution in [1.82, 2.24) is 19.1 Å². The molecule has 33 heavy (non-hydrogen) atoms. The Bertz CT molecular complexity index is 989. The Kier molecular flexibility index (Phi) is 7.84. The second kappa shape index (κ2) is 10.3.